The number of nitrogens with two attached hydrogens (primary N) is 1. The molecule has 2 bridgehead atoms. The minimum Gasteiger partial charge on any atom is -0.466 e. The van der Waals surface area contributed by atoms with Crippen molar-refractivity contribution in [2.24, 2.45) is 11.7 Å². The molecule has 2 aliphatic heterocycles. The standard InChI is InChI=1S/C25H31F2N3O2/c1-2-32-25(31)23-21(15-20-11-12-22(23)30(20)14-13-28)29-24(16-3-7-18(26)8-4-16)17-5-9-19(27)10-6-17/h3-10,20-24,29H,2,11-15,28H2,1H3/t20?,21-,22?,23-/m0/s1. The van der Waals surface area contributed by atoms with Crippen LogP contribution in [-0.2, 0) is 9.53 Å². The van der Waals surface area contributed by atoms with Gasteiger partial charge in [-0.1, -0.05) is 24.3 Å². The molecule has 0 amide bonds. The van der Waals surface area contributed by atoms with Gasteiger partial charge in [-0.25, -0.2) is 8.78 Å². The number of hydrogen-bond donors (Lipinski definition) is 2. The Morgan fingerprint density at radius 3 is 2.22 bits per heavy atom. The van der Waals surface area contributed by atoms with Gasteiger partial charge in [-0.2, -0.15) is 0 Å². The molecule has 0 aliphatic carbocycles. The van der Waals surface area contributed by atoms with Gasteiger partial charge in [0.25, 0.3) is 0 Å². The Bertz CT molecular complexity index is 861. The second-order valence-corrected chi connectivity index (χ2v) is 8.65. The predicted molar refractivity (Wildman–Crippen MR) is 119 cm³/mol. The van der Waals surface area contributed by atoms with E-state index in [1.807, 2.05) is 6.92 Å². The molecule has 0 aromatic heterocycles. The zero-order valence-corrected chi connectivity index (χ0v) is 18.3. The third kappa shape index (κ3) is 4.70. The van der Waals surface area contributed by atoms with Crippen molar-refractivity contribution in [3.05, 3.63) is 71.3 Å². The Balaban J connectivity index is 1.67. The quantitative estimate of drug-likeness (QED) is 0.613. The SMILES string of the molecule is CCOC(=O)[C@@H]1C2CCC(C[C@@H]1NC(c1ccc(F)cc1)c1ccc(F)cc1)N2CCN. The van der Waals surface area contributed by atoms with Gasteiger partial charge in [0.2, 0.25) is 0 Å². The molecular formula is C25H31F2N3O2. The van der Waals surface area contributed by atoms with Gasteiger partial charge in [0, 0.05) is 31.2 Å². The number of piperidine rings is 1. The lowest BCUT2D eigenvalue weighted by Gasteiger charge is -2.45. The highest BCUT2D eigenvalue weighted by atomic mass is 19.1. The summed E-state index contributed by atoms with van der Waals surface area (Å²) in [5.74, 6) is -1.16. The van der Waals surface area contributed by atoms with E-state index in [-0.39, 0.29) is 41.6 Å². The van der Waals surface area contributed by atoms with Crippen molar-refractivity contribution >= 4 is 5.97 Å². The normalized spacial score (nSPS) is 25.3. The van der Waals surface area contributed by atoms with Crippen molar-refractivity contribution in [3.8, 4) is 0 Å². The van der Waals surface area contributed by atoms with Gasteiger partial charge < -0.3 is 15.8 Å². The van der Waals surface area contributed by atoms with Gasteiger partial charge in [-0.3, -0.25) is 9.69 Å². The molecule has 2 heterocycles. The van der Waals surface area contributed by atoms with Crippen molar-refractivity contribution in [2.75, 3.05) is 19.7 Å². The molecule has 3 N–H and O–H groups in total. The van der Waals surface area contributed by atoms with E-state index in [0.717, 1.165) is 36.9 Å². The number of hydrogen-bond acceptors (Lipinski definition) is 5. The summed E-state index contributed by atoms with van der Waals surface area (Å²) in [5.41, 5.74) is 7.57. The van der Waals surface area contributed by atoms with E-state index in [4.69, 9.17) is 10.5 Å². The number of esters is 1. The molecule has 2 aromatic rings. The van der Waals surface area contributed by atoms with Crippen LogP contribution >= 0.6 is 0 Å². The number of fused-ring (bicyclic) bond motifs is 2. The lowest BCUT2D eigenvalue weighted by Crippen LogP contribution is -2.59. The van der Waals surface area contributed by atoms with Gasteiger partial charge in [-0.05, 0) is 61.6 Å². The topological polar surface area (TPSA) is 67.6 Å². The Morgan fingerprint density at radius 1 is 1.09 bits per heavy atom. The van der Waals surface area contributed by atoms with E-state index < -0.39 is 0 Å². The zero-order valence-electron chi connectivity index (χ0n) is 18.3. The number of nitrogens with one attached hydrogen (secondary N) is 1. The van der Waals surface area contributed by atoms with E-state index in [1.54, 1.807) is 24.3 Å². The molecule has 0 saturated carbocycles. The minimum absolute atomic E-state index is 0.0796. The Hall–Kier alpha value is -2.35. The molecule has 2 saturated heterocycles. The fourth-order valence-electron chi connectivity index (χ4n) is 5.45. The first-order valence-electron chi connectivity index (χ1n) is 11.4. The molecule has 172 valence electrons. The van der Waals surface area contributed by atoms with E-state index in [2.05, 4.69) is 10.2 Å². The molecule has 32 heavy (non-hydrogen) atoms. The summed E-state index contributed by atoms with van der Waals surface area (Å²) in [6.45, 7) is 3.46. The lowest BCUT2D eigenvalue weighted by atomic mass is 9.83. The first kappa shape index (κ1) is 22.8. The molecule has 7 heteroatoms. The molecule has 4 atom stereocenters. The number of carbonyl (C=O) groups is 1. The van der Waals surface area contributed by atoms with Crippen LogP contribution in [0.4, 0.5) is 8.78 Å². The molecule has 0 spiro atoms. The van der Waals surface area contributed by atoms with Crippen LogP contribution in [0, 0.1) is 17.6 Å². The lowest BCUT2D eigenvalue weighted by molar-refractivity contribution is -0.153. The van der Waals surface area contributed by atoms with E-state index in [0.29, 0.717) is 19.2 Å². The van der Waals surface area contributed by atoms with Crippen LogP contribution in [-0.4, -0.2) is 48.7 Å². The van der Waals surface area contributed by atoms with Gasteiger partial charge in [0.1, 0.15) is 11.6 Å². The highest BCUT2D eigenvalue weighted by molar-refractivity contribution is 5.74. The van der Waals surface area contributed by atoms with Crippen LogP contribution in [0.3, 0.4) is 0 Å². The van der Waals surface area contributed by atoms with E-state index >= 15 is 0 Å². The average molecular weight is 444 g/mol. The molecular weight excluding hydrogens is 412 g/mol. The summed E-state index contributed by atoms with van der Waals surface area (Å²) in [5, 5.41) is 3.68. The maximum Gasteiger partial charge on any atom is 0.312 e. The van der Waals surface area contributed by atoms with Crippen molar-refractivity contribution in [1.29, 1.82) is 0 Å². The third-order valence-electron chi connectivity index (χ3n) is 6.80. The van der Waals surface area contributed by atoms with Crippen LogP contribution < -0.4 is 11.1 Å². The van der Waals surface area contributed by atoms with E-state index in [9.17, 15) is 13.6 Å². The molecule has 0 radical (unpaired) electrons. The van der Waals surface area contributed by atoms with Crippen LogP contribution in [0.15, 0.2) is 48.5 Å². The van der Waals surface area contributed by atoms with Crippen molar-refractivity contribution < 1.29 is 18.3 Å². The van der Waals surface area contributed by atoms with Gasteiger partial charge in [0.05, 0.1) is 18.6 Å². The Labute approximate surface area is 187 Å². The fourth-order valence-corrected chi connectivity index (χ4v) is 5.45. The Morgan fingerprint density at radius 2 is 1.69 bits per heavy atom. The summed E-state index contributed by atoms with van der Waals surface area (Å²) in [7, 11) is 0. The van der Waals surface area contributed by atoms with Crippen LogP contribution in [0.25, 0.3) is 0 Å². The second-order valence-electron chi connectivity index (χ2n) is 8.65. The highest BCUT2D eigenvalue weighted by Gasteiger charge is 2.50. The fraction of sp³-hybridized carbons (Fsp3) is 0.480. The number of benzene rings is 2. The average Bonchev–Trinajstić information content (AvgIpc) is 3.05. The number of halogens is 2. The summed E-state index contributed by atoms with van der Waals surface area (Å²) in [4.78, 5) is 15.4. The second kappa shape index (κ2) is 10.1. The van der Waals surface area contributed by atoms with Crippen molar-refractivity contribution in [2.45, 2.75) is 50.4 Å². The Kier molecular flexibility index (Phi) is 7.18. The van der Waals surface area contributed by atoms with Crippen molar-refractivity contribution in [1.82, 2.24) is 10.2 Å². The summed E-state index contributed by atoms with van der Waals surface area (Å²) in [6.07, 6.45) is 2.75. The first-order chi connectivity index (χ1) is 15.5. The van der Waals surface area contributed by atoms with Crippen LogP contribution in [0.1, 0.15) is 43.4 Å². The maximum atomic E-state index is 13.6. The molecule has 2 fully saturated rings. The van der Waals surface area contributed by atoms with E-state index in [1.165, 1.54) is 24.3 Å². The molecule has 4 rings (SSSR count). The van der Waals surface area contributed by atoms with Gasteiger partial charge >= 0.3 is 5.97 Å². The monoisotopic (exact) mass is 443 g/mol. The third-order valence-corrected chi connectivity index (χ3v) is 6.80. The van der Waals surface area contributed by atoms with Crippen LogP contribution in [0.2, 0.25) is 0 Å². The first-order valence-corrected chi connectivity index (χ1v) is 11.4. The molecule has 2 aliphatic rings. The van der Waals surface area contributed by atoms with Crippen molar-refractivity contribution in [3.63, 3.8) is 0 Å². The molecule has 2 aromatic carbocycles. The molecule has 2 unspecified atom stereocenters. The largest absolute Gasteiger partial charge is 0.466 e. The predicted octanol–water partition coefficient (Wildman–Crippen LogP) is 3.39. The number of rotatable bonds is 8. The maximum absolute atomic E-state index is 13.6. The highest BCUT2D eigenvalue weighted by Crippen LogP contribution is 2.41. The summed E-state index contributed by atoms with van der Waals surface area (Å²) >= 11 is 0. The zero-order chi connectivity index (χ0) is 22.7. The number of carbonyl (C=O) groups excluding carboxylic acids is 1. The number of nitrogens with zero attached hydrogens (tertiary/aromatic N) is 1. The summed E-state index contributed by atoms with van der Waals surface area (Å²) in [6, 6.07) is 12.6. The smallest absolute Gasteiger partial charge is 0.312 e. The summed E-state index contributed by atoms with van der Waals surface area (Å²) < 4.78 is 32.7. The van der Waals surface area contributed by atoms with Gasteiger partial charge in [-0.15, -0.1) is 0 Å². The van der Waals surface area contributed by atoms with Gasteiger partial charge in [0.15, 0.2) is 0 Å². The number of ether oxygens (including phenoxy) is 1. The minimum atomic E-state index is -0.330. The molecule has 5 nitrogen and oxygen atoms in total. The van der Waals surface area contributed by atoms with Crippen LogP contribution in [0.5, 0.6) is 0 Å².